The van der Waals surface area contributed by atoms with Crippen LogP contribution in [0.4, 0.5) is 13.2 Å². The molecule has 0 unspecified atom stereocenters. The maximum absolute atomic E-state index is 11.5. The van der Waals surface area contributed by atoms with Crippen molar-refractivity contribution in [1.82, 2.24) is 0 Å². The molecule has 1 aromatic heterocycles. The first-order valence-corrected chi connectivity index (χ1v) is 3.39. The van der Waals surface area contributed by atoms with E-state index in [1.165, 1.54) is 5.38 Å². The van der Waals surface area contributed by atoms with E-state index in [0.717, 1.165) is 17.4 Å². The minimum Gasteiger partial charge on any atom is -0.497 e. The molecule has 0 atom stereocenters. The minimum absolute atomic E-state index is 0.470. The molecule has 6 heteroatoms. The third kappa shape index (κ3) is 2.30. The lowest BCUT2D eigenvalue weighted by molar-refractivity contribution is -0.274. The number of halogens is 3. The Morgan fingerprint density at radius 2 is 2.09 bits per heavy atom. The maximum Gasteiger partial charge on any atom is 0.573 e. The van der Waals surface area contributed by atoms with E-state index in [9.17, 15) is 13.2 Å². The van der Waals surface area contributed by atoms with E-state index in [1.54, 1.807) is 0 Å². The minimum atomic E-state index is -4.74. The first-order valence-electron chi connectivity index (χ1n) is 2.51. The van der Waals surface area contributed by atoms with Gasteiger partial charge in [-0.3, -0.25) is 0 Å². The number of ether oxygens (including phenoxy) is 1. The Morgan fingerprint density at radius 3 is 2.45 bits per heavy atom. The molecular formula is C5H3F3O2S. The Morgan fingerprint density at radius 1 is 1.45 bits per heavy atom. The average Bonchev–Trinajstić information content (AvgIpc) is 2.12. The van der Waals surface area contributed by atoms with Gasteiger partial charge in [0.15, 0.2) is 5.75 Å². The molecule has 0 bridgehead atoms. The molecule has 1 N–H and O–H groups in total. The van der Waals surface area contributed by atoms with Gasteiger partial charge in [0.2, 0.25) is 5.06 Å². The molecule has 0 amide bonds. The van der Waals surface area contributed by atoms with Crippen LogP contribution in [0.2, 0.25) is 0 Å². The van der Waals surface area contributed by atoms with Crippen molar-refractivity contribution < 1.29 is 23.0 Å². The lowest BCUT2D eigenvalue weighted by Gasteiger charge is -2.05. The summed E-state index contributed by atoms with van der Waals surface area (Å²) in [6.07, 6.45) is -4.74. The van der Waals surface area contributed by atoms with Gasteiger partial charge >= 0.3 is 6.36 Å². The molecule has 0 aliphatic heterocycles. The quantitative estimate of drug-likeness (QED) is 0.725. The Balaban J connectivity index is 2.72. The van der Waals surface area contributed by atoms with Gasteiger partial charge in [-0.2, -0.15) is 0 Å². The second-order valence-electron chi connectivity index (χ2n) is 1.64. The zero-order chi connectivity index (χ0) is 8.48. The van der Waals surface area contributed by atoms with Crippen LogP contribution in [0.15, 0.2) is 11.4 Å². The summed E-state index contributed by atoms with van der Waals surface area (Å²) in [5.74, 6) is -0.553. The average molecular weight is 184 g/mol. The fourth-order valence-corrected chi connectivity index (χ4v) is 1.04. The van der Waals surface area contributed by atoms with Crippen molar-refractivity contribution in [2.24, 2.45) is 0 Å². The molecule has 0 radical (unpaired) electrons. The molecule has 0 aliphatic rings. The van der Waals surface area contributed by atoms with E-state index in [1.807, 2.05) is 0 Å². The van der Waals surface area contributed by atoms with Crippen LogP contribution in [0.25, 0.3) is 0 Å². The number of hydrogen-bond acceptors (Lipinski definition) is 3. The van der Waals surface area contributed by atoms with E-state index < -0.39 is 17.2 Å². The summed E-state index contributed by atoms with van der Waals surface area (Å²) >= 11 is 0.776. The van der Waals surface area contributed by atoms with Crippen LogP contribution in [-0.2, 0) is 0 Å². The predicted octanol–water partition coefficient (Wildman–Crippen LogP) is 2.35. The summed E-state index contributed by atoms with van der Waals surface area (Å²) in [5, 5.41) is 9.54. The second kappa shape index (κ2) is 2.61. The van der Waals surface area contributed by atoms with Crippen LogP contribution >= 0.6 is 11.3 Å². The van der Waals surface area contributed by atoms with Crippen molar-refractivity contribution in [3.05, 3.63) is 11.4 Å². The summed E-state index contributed by atoms with van der Waals surface area (Å²) in [6.45, 7) is 0. The molecule has 1 aromatic rings. The van der Waals surface area contributed by atoms with Gasteiger partial charge in [-0.05, 0) is 11.4 Å². The van der Waals surface area contributed by atoms with Gasteiger partial charge in [0, 0.05) is 0 Å². The number of aromatic hydroxyl groups is 1. The van der Waals surface area contributed by atoms with Crippen molar-refractivity contribution >= 4 is 11.3 Å². The van der Waals surface area contributed by atoms with E-state index in [2.05, 4.69) is 4.74 Å². The van der Waals surface area contributed by atoms with Crippen LogP contribution in [0.1, 0.15) is 0 Å². The first-order chi connectivity index (χ1) is 4.99. The highest BCUT2D eigenvalue weighted by Crippen LogP contribution is 2.35. The van der Waals surface area contributed by atoms with Crippen molar-refractivity contribution in [2.45, 2.75) is 6.36 Å². The fraction of sp³-hybridized carbons (Fsp3) is 0.200. The standard InChI is InChI=1S/C5H3F3O2S/c6-5(7,8)10-3-1-2-11-4(3)9/h1-2,9H. The summed E-state index contributed by atoms with van der Waals surface area (Å²) in [4.78, 5) is 0. The highest BCUT2D eigenvalue weighted by Gasteiger charge is 2.32. The van der Waals surface area contributed by atoms with Crippen molar-refractivity contribution in [1.29, 1.82) is 0 Å². The highest BCUT2D eigenvalue weighted by molar-refractivity contribution is 7.12. The third-order valence-corrected chi connectivity index (χ3v) is 1.53. The summed E-state index contributed by atoms with van der Waals surface area (Å²) < 4.78 is 37.8. The van der Waals surface area contributed by atoms with Crippen molar-refractivity contribution in [2.75, 3.05) is 0 Å². The topological polar surface area (TPSA) is 29.5 Å². The van der Waals surface area contributed by atoms with Crippen LogP contribution in [-0.4, -0.2) is 11.5 Å². The van der Waals surface area contributed by atoms with Gasteiger partial charge in [-0.25, -0.2) is 0 Å². The van der Waals surface area contributed by atoms with Gasteiger partial charge in [0.1, 0.15) is 0 Å². The highest BCUT2D eigenvalue weighted by atomic mass is 32.1. The van der Waals surface area contributed by atoms with Gasteiger partial charge in [0.25, 0.3) is 0 Å². The lowest BCUT2D eigenvalue weighted by atomic mass is 10.6. The Kier molecular flexibility index (Phi) is 1.95. The monoisotopic (exact) mass is 184 g/mol. The van der Waals surface area contributed by atoms with Gasteiger partial charge in [0.05, 0.1) is 0 Å². The van der Waals surface area contributed by atoms with Gasteiger partial charge in [-0.15, -0.1) is 24.5 Å². The number of thiophene rings is 1. The third-order valence-electron chi connectivity index (χ3n) is 0.836. The molecule has 0 aromatic carbocycles. The maximum atomic E-state index is 11.5. The second-order valence-corrected chi connectivity index (χ2v) is 2.53. The molecular weight excluding hydrogens is 181 g/mol. The van der Waals surface area contributed by atoms with Crippen LogP contribution in [0, 0.1) is 0 Å². The zero-order valence-electron chi connectivity index (χ0n) is 5.05. The molecule has 0 spiro atoms. The smallest absolute Gasteiger partial charge is 0.497 e. The lowest BCUT2D eigenvalue weighted by Crippen LogP contribution is -2.16. The normalized spacial score (nSPS) is 11.5. The van der Waals surface area contributed by atoms with Gasteiger partial charge < -0.3 is 9.84 Å². The van der Waals surface area contributed by atoms with Crippen molar-refractivity contribution in [3.63, 3.8) is 0 Å². The Bertz CT molecular complexity index is 242. The molecule has 2 nitrogen and oxygen atoms in total. The summed E-state index contributed by atoms with van der Waals surface area (Å²) in [6, 6.07) is 1.05. The zero-order valence-corrected chi connectivity index (χ0v) is 5.87. The van der Waals surface area contributed by atoms with E-state index >= 15 is 0 Å². The van der Waals surface area contributed by atoms with Crippen LogP contribution in [0.5, 0.6) is 10.8 Å². The Labute approximate surface area is 63.8 Å². The summed E-state index contributed by atoms with van der Waals surface area (Å²) in [5.41, 5.74) is 0. The van der Waals surface area contributed by atoms with E-state index in [4.69, 9.17) is 5.11 Å². The van der Waals surface area contributed by atoms with Gasteiger partial charge in [-0.1, -0.05) is 0 Å². The van der Waals surface area contributed by atoms with Crippen molar-refractivity contribution in [3.8, 4) is 10.8 Å². The molecule has 62 valence electrons. The van der Waals surface area contributed by atoms with Crippen LogP contribution < -0.4 is 4.74 Å². The molecule has 1 rings (SSSR count). The Hall–Kier alpha value is -0.910. The molecule has 0 fully saturated rings. The van der Waals surface area contributed by atoms with E-state index in [0.29, 0.717) is 0 Å². The first kappa shape index (κ1) is 8.19. The fourth-order valence-electron chi connectivity index (χ4n) is 0.492. The largest absolute Gasteiger partial charge is 0.573 e. The number of hydrogen-bond donors (Lipinski definition) is 1. The van der Waals surface area contributed by atoms with Crippen LogP contribution in [0.3, 0.4) is 0 Å². The molecule has 11 heavy (non-hydrogen) atoms. The number of alkyl halides is 3. The predicted molar refractivity (Wildman–Crippen MR) is 32.7 cm³/mol. The molecule has 0 aliphatic carbocycles. The number of rotatable bonds is 1. The summed E-state index contributed by atoms with van der Waals surface area (Å²) in [7, 11) is 0. The molecule has 1 heterocycles. The molecule has 0 saturated heterocycles. The molecule has 0 saturated carbocycles. The SMILES string of the molecule is Oc1sccc1OC(F)(F)F. The van der Waals surface area contributed by atoms with E-state index in [-0.39, 0.29) is 0 Å².